The van der Waals surface area contributed by atoms with E-state index in [0.29, 0.717) is 10.1 Å². The minimum atomic E-state index is -0.119. The average Bonchev–Trinajstić information content (AvgIpc) is 2.90. The fourth-order valence-corrected chi connectivity index (χ4v) is 3.45. The Bertz CT molecular complexity index is 857. The zero-order valence-electron chi connectivity index (χ0n) is 13.0. The van der Waals surface area contributed by atoms with Gasteiger partial charge in [0.1, 0.15) is 0 Å². The summed E-state index contributed by atoms with van der Waals surface area (Å²) in [6.07, 6.45) is 3.93. The van der Waals surface area contributed by atoms with E-state index in [-0.39, 0.29) is 5.91 Å². The smallest absolute Gasteiger partial charge is 0.264 e. The molecular formula is C19H15BrN2OS. The van der Waals surface area contributed by atoms with Crippen molar-refractivity contribution in [2.75, 3.05) is 0 Å². The second kappa shape index (κ2) is 7.64. The van der Waals surface area contributed by atoms with E-state index in [1.165, 1.54) is 11.8 Å². The summed E-state index contributed by atoms with van der Waals surface area (Å²) in [5.41, 5.74) is 2.91. The summed E-state index contributed by atoms with van der Waals surface area (Å²) < 4.78 is 0.893. The number of amidine groups is 1. The molecule has 1 N–H and O–H groups in total. The number of aliphatic imine (C=N–C) groups is 1. The fourth-order valence-electron chi connectivity index (χ4n) is 2.19. The molecule has 2 aromatic carbocycles. The predicted molar refractivity (Wildman–Crippen MR) is 105 cm³/mol. The zero-order chi connectivity index (χ0) is 16.9. The van der Waals surface area contributed by atoms with Gasteiger partial charge in [-0.25, -0.2) is 4.99 Å². The fraction of sp³-hybridized carbons (Fsp3) is 0.0526. The van der Waals surface area contributed by atoms with Crippen LogP contribution in [-0.4, -0.2) is 11.1 Å². The molecule has 0 spiro atoms. The lowest BCUT2D eigenvalue weighted by molar-refractivity contribution is -0.115. The molecule has 0 aromatic heterocycles. The molecule has 1 aliphatic rings. The summed E-state index contributed by atoms with van der Waals surface area (Å²) in [5, 5.41) is 3.40. The van der Waals surface area contributed by atoms with Crippen molar-refractivity contribution in [1.82, 2.24) is 5.32 Å². The molecule has 120 valence electrons. The third-order valence-corrected chi connectivity index (χ3v) is 4.86. The molecule has 0 unspecified atom stereocenters. The normalized spacial score (nSPS) is 18.2. The number of rotatable bonds is 3. The van der Waals surface area contributed by atoms with Crippen LogP contribution in [0.25, 0.3) is 6.08 Å². The number of hydrogen-bond acceptors (Lipinski definition) is 3. The average molecular weight is 399 g/mol. The third kappa shape index (κ3) is 4.24. The molecule has 5 heteroatoms. The Morgan fingerprint density at radius 2 is 1.83 bits per heavy atom. The Balaban J connectivity index is 1.80. The maximum atomic E-state index is 12.1. The van der Waals surface area contributed by atoms with E-state index in [9.17, 15) is 4.79 Å². The van der Waals surface area contributed by atoms with Crippen LogP contribution in [0.4, 0.5) is 5.69 Å². The topological polar surface area (TPSA) is 41.5 Å². The van der Waals surface area contributed by atoms with Gasteiger partial charge < -0.3 is 5.32 Å². The van der Waals surface area contributed by atoms with Gasteiger partial charge in [-0.3, -0.25) is 4.79 Å². The van der Waals surface area contributed by atoms with Crippen LogP contribution in [0.2, 0.25) is 0 Å². The highest BCUT2D eigenvalue weighted by Gasteiger charge is 2.23. The number of amides is 1. The number of nitrogens with zero attached hydrogens (tertiary/aromatic N) is 1. The summed E-state index contributed by atoms with van der Waals surface area (Å²) in [4.78, 5) is 17.3. The monoisotopic (exact) mass is 398 g/mol. The van der Waals surface area contributed by atoms with E-state index >= 15 is 0 Å². The summed E-state index contributed by atoms with van der Waals surface area (Å²) in [5.74, 6) is -0.119. The highest BCUT2D eigenvalue weighted by Crippen LogP contribution is 2.30. The molecule has 0 bridgehead atoms. The molecule has 1 fully saturated rings. The van der Waals surface area contributed by atoms with Gasteiger partial charge in [0, 0.05) is 4.47 Å². The molecule has 3 rings (SSSR count). The van der Waals surface area contributed by atoms with Gasteiger partial charge in [-0.2, -0.15) is 0 Å². The van der Waals surface area contributed by atoms with Crippen molar-refractivity contribution in [2.24, 2.45) is 4.99 Å². The second-order valence-electron chi connectivity index (χ2n) is 5.23. The van der Waals surface area contributed by atoms with Crippen molar-refractivity contribution in [3.8, 4) is 0 Å². The van der Waals surface area contributed by atoms with Crippen molar-refractivity contribution >= 4 is 50.5 Å². The highest BCUT2D eigenvalue weighted by atomic mass is 79.9. The molecule has 0 saturated carbocycles. The second-order valence-corrected chi connectivity index (χ2v) is 7.12. The van der Waals surface area contributed by atoms with E-state index in [0.717, 1.165) is 21.3 Å². The minimum absolute atomic E-state index is 0.119. The summed E-state index contributed by atoms with van der Waals surface area (Å²) >= 11 is 4.81. The molecular weight excluding hydrogens is 384 g/mol. The van der Waals surface area contributed by atoms with Crippen LogP contribution >= 0.6 is 27.7 Å². The van der Waals surface area contributed by atoms with E-state index in [4.69, 9.17) is 0 Å². The first-order chi connectivity index (χ1) is 11.6. The molecule has 0 radical (unpaired) electrons. The molecule has 3 nitrogen and oxygen atoms in total. The lowest BCUT2D eigenvalue weighted by Gasteiger charge is -1.98. The first kappa shape index (κ1) is 16.7. The number of carbonyl (C=O) groups is 1. The maximum Gasteiger partial charge on any atom is 0.264 e. The van der Waals surface area contributed by atoms with E-state index in [2.05, 4.69) is 26.2 Å². The van der Waals surface area contributed by atoms with Crippen LogP contribution in [-0.2, 0) is 4.79 Å². The Morgan fingerprint density at radius 3 is 2.58 bits per heavy atom. The van der Waals surface area contributed by atoms with Gasteiger partial charge in [-0.15, -0.1) is 0 Å². The van der Waals surface area contributed by atoms with E-state index < -0.39 is 0 Å². The quantitative estimate of drug-likeness (QED) is 0.713. The number of hydrogen-bond donors (Lipinski definition) is 1. The van der Waals surface area contributed by atoms with Gasteiger partial charge in [0.15, 0.2) is 5.17 Å². The van der Waals surface area contributed by atoms with Crippen molar-refractivity contribution in [2.45, 2.75) is 6.92 Å². The van der Waals surface area contributed by atoms with Crippen LogP contribution in [0.1, 0.15) is 12.5 Å². The summed E-state index contributed by atoms with van der Waals surface area (Å²) in [7, 11) is 0. The highest BCUT2D eigenvalue weighted by molar-refractivity contribution is 9.10. The molecule has 1 aliphatic heterocycles. The van der Waals surface area contributed by atoms with Crippen LogP contribution < -0.4 is 5.32 Å². The first-order valence-electron chi connectivity index (χ1n) is 7.39. The largest absolute Gasteiger partial charge is 0.300 e. The molecule has 2 aromatic rings. The number of halogens is 1. The van der Waals surface area contributed by atoms with Crippen LogP contribution in [0.15, 0.2) is 80.6 Å². The standard InChI is InChI=1S/C19H15BrN2OS/c1-13(11-14-7-3-2-4-8-14)12-17-18(23)22-19(24-17)21-16-10-6-5-9-15(16)20/h2-12H,1H3,(H,21,22,23)/b13-11+,17-12-. The number of nitrogens with one attached hydrogen (secondary N) is 1. The van der Waals surface area contributed by atoms with Crippen molar-refractivity contribution in [3.05, 3.63) is 81.2 Å². The number of carbonyl (C=O) groups excluding carboxylic acids is 1. The molecule has 0 aliphatic carbocycles. The van der Waals surface area contributed by atoms with Gasteiger partial charge in [0.2, 0.25) is 0 Å². The van der Waals surface area contributed by atoms with Crippen molar-refractivity contribution in [3.63, 3.8) is 0 Å². The SMILES string of the molecule is CC(/C=C1\SC(=Nc2ccccc2Br)NC1=O)=C\c1ccccc1. The predicted octanol–water partition coefficient (Wildman–Crippen LogP) is 5.29. The van der Waals surface area contributed by atoms with Crippen molar-refractivity contribution in [1.29, 1.82) is 0 Å². The number of allylic oxidation sites excluding steroid dienone is 2. The summed E-state index contributed by atoms with van der Waals surface area (Å²) in [6, 6.07) is 17.7. The molecule has 1 saturated heterocycles. The van der Waals surface area contributed by atoms with Crippen LogP contribution in [0.5, 0.6) is 0 Å². The molecule has 1 heterocycles. The minimum Gasteiger partial charge on any atom is -0.300 e. The van der Waals surface area contributed by atoms with E-state index in [1.807, 2.05) is 73.7 Å². The molecule has 24 heavy (non-hydrogen) atoms. The number of thioether (sulfide) groups is 1. The van der Waals surface area contributed by atoms with Gasteiger partial charge in [0.05, 0.1) is 10.6 Å². The third-order valence-electron chi connectivity index (χ3n) is 3.28. The lowest BCUT2D eigenvalue weighted by Crippen LogP contribution is -2.19. The number of para-hydroxylation sites is 1. The van der Waals surface area contributed by atoms with Crippen LogP contribution in [0.3, 0.4) is 0 Å². The Morgan fingerprint density at radius 1 is 1.12 bits per heavy atom. The number of benzene rings is 2. The van der Waals surface area contributed by atoms with Gasteiger partial charge in [-0.1, -0.05) is 48.5 Å². The summed E-state index contributed by atoms with van der Waals surface area (Å²) in [6.45, 7) is 1.98. The Labute approximate surface area is 153 Å². The van der Waals surface area contributed by atoms with Gasteiger partial charge in [-0.05, 0) is 64.0 Å². The Kier molecular flexibility index (Phi) is 5.33. The zero-order valence-corrected chi connectivity index (χ0v) is 15.4. The molecule has 1 amide bonds. The lowest BCUT2D eigenvalue weighted by atomic mass is 10.1. The molecule has 0 atom stereocenters. The van der Waals surface area contributed by atoms with Gasteiger partial charge in [0.25, 0.3) is 5.91 Å². The maximum absolute atomic E-state index is 12.1. The van der Waals surface area contributed by atoms with Gasteiger partial charge >= 0.3 is 0 Å². The van der Waals surface area contributed by atoms with Crippen LogP contribution in [0, 0.1) is 0 Å². The Hall–Kier alpha value is -2.11. The van der Waals surface area contributed by atoms with E-state index in [1.54, 1.807) is 0 Å². The first-order valence-corrected chi connectivity index (χ1v) is 9.00. The van der Waals surface area contributed by atoms with Crippen molar-refractivity contribution < 1.29 is 4.79 Å².